The van der Waals surface area contributed by atoms with E-state index in [9.17, 15) is 9.59 Å². The number of nitrogens with zero attached hydrogens (tertiary/aromatic N) is 2. The van der Waals surface area contributed by atoms with Crippen molar-refractivity contribution in [2.75, 3.05) is 32.0 Å². The number of thioether (sulfide) groups is 1. The van der Waals surface area contributed by atoms with E-state index < -0.39 is 0 Å². The second-order valence-electron chi connectivity index (χ2n) is 7.45. The Morgan fingerprint density at radius 3 is 2.29 bits per heavy atom. The Bertz CT molecular complexity index is 1290. The van der Waals surface area contributed by atoms with Crippen LogP contribution in [0.3, 0.4) is 0 Å². The van der Waals surface area contributed by atoms with Crippen LogP contribution in [0.25, 0.3) is 6.08 Å². The molecule has 0 aliphatic carbocycles. The molecule has 0 radical (unpaired) electrons. The number of carbonyl (C=O) groups is 2. The summed E-state index contributed by atoms with van der Waals surface area (Å²) in [5.74, 6) is 1.48. The molecule has 7 nitrogen and oxygen atoms in total. The number of para-hydroxylation sites is 1. The minimum atomic E-state index is -0.256. The first-order valence-corrected chi connectivity index (χ1v) is 11.7. The fraction of sp³-hybridized carbons (Fsp3) is 0.148. The highest BCUT2D eigenvalue weighted by Gasteiger charge is 2.32. The molecule has 0 unspecified atom stereocenters. The molecule has 8 heteroatoms. The van der Waals surface area contributed by atoms with E-state index in [1.165, 1.54) is 23.8 Å². The van der Waals surface area contributed by atoms with E-state index in [1.54, 1.807) is 38.5 Å². The van der Waals surface area contributed by atoms with Crippen LogP contribution in [0.2, 0.25) is 0 Å². The average molecular weight is 489 g/mol. The molecule has 0 fully saturated rings. The van der Waals surface area contributed by atoms with E-state index >= 15 is 0 Å². The molecule has 0 N–H and O–H groups in total. The molecule has 0 saturated heterocycles. The fourth-order valence-corrected chi connectivity index (χ4v) is 4.39. The summed E-state index contributed by atoms with van der Waals surface area (Å²) in [5, 5.41) is 0.440. The molecule has 1 aliphatic rings. The smallest absolute Gasteiger partial charge is 0.283 e. The van der Waals surface area contributed by atoms with Gasteiger partial charge in [0.05, 0.1) is 32.8 Å². The molecule has 4 rings (SSSR count). The van der Waals surface area contributed by atoms with Crippen molar-refractivity contribution < 1.29 is 23.8 Å². The van der Waals surface area contributed by atoms with Crippen molar-refractivity contribution >= 4 is 40.4 Å². The van der Waals surface area contributed by atoms with Crippen LogP contribution in [-0.4, -0.2) is 43.9 Å². The minimum Gasteiger partial charge on any atom is -0.497 e. The Labute approximate surface area is 208 Å². The summed E-state index contributed by atoms with van der Waals surface area (Å²) in [6.45, 7) is 0. The van der Waals surface area contributed by atoms with E-state index in [4.69, 9.17) is 14.2 Å². The molecule has 3 aromatic rings. The highest BCUT2D eigenvalue weighted by molar-refractivity contribution is 8.14. The molecule has 0 aromatic heterocycles. The van der Waals surface area contributed by atoms with Crippen molar-refractivity contribution in [3.8, 4) is 17.2 Å². The molecule has 1 amide bonds. The number of hydrogen-bond acceptors (Lipinski definition) is 7. The van der Waals surface area contributed by atoms with Gasteiger partial charge >= 0.3 is 0 Å². The standard InChI is InChI=1S/C27H24N2O5S/c1-32-21-12-9-18(10-13-21)15-22-26(31)29(20-7-5-4-6-8-20)27(28-22)35-17-23(30)19-11-14-24(33-2)25(16-19)34-3/h4-16H,17H2,1-3H3. The first-order chi connectivity index (χ1) is 17.0. The second-order valence-corrected chi connectivity index (χ2v) is 8.40. The van der Waals surface area contributed by atoms with Crippen LogP contribution < -0.4 is 19.1 Å². The Morgan fingerprint density at radius 2 is 1.63 bits per heavy atom. The van der Waals surface area contributed by atoms with E-state index in [0.29, 0.717) is 33.6 Å². The lowest BCUT2D eigenvalue weighted by molar-refractivity contribution is -0.113. The Balaban J connectivity index is 1.59. The zero-order valence-corrected chi connectivity index (χ0v) is 20.4. The largest absolute Gasteiger partial charge is 0.497 e. The van der Waals surface area contributed by atoms with Gasteiger partial charge in [-0.3, -0.25) is 14.5 Å². The van der Waals surface area contributed by atoms with Gasteiger partial charge in [0.1, 0.15) is 11.4 Å². The number of carbonyl (C=O) groups excluding carboxylic acids is 2. The van der Waals surface area contributed by atoms with E-state index in [-0.39, 0.29) is 17.4 Å². The zero-order chi connectivity index (χ0) is 24.8. The van der Waals surface area contributed by atoms with Gasteiger partial charge in [-0.15, -0.1) is 0 Å². The number of rotatable bonds is 8. The summed E-state index contributed by atoms with van der Waals surface area (Å²) in [5.41, 5.74) is 2.28. The predicted octanol–water partition coefficient (Wildman–Crippen LogP) is 5.07. The topological polar surface area (TPSA) is 77.4 Å². The van der Waals surface area contributed by atoms with Gasteiger partial charge in [0.25, 0.3) is 5.91 Å². The van der Waals surface area contributed by atoms with Crippen LogP contribution in [0.15, 0.2) is 83.5 Å². The van der Waals surface area contributed by atoms with Gasteiger partial charge in [-0.2, -0.15) is 0 Å². The first kappa shape index (κ1) is 24.1. The van der Waals surface area contributed by atoms with Crippen LogP contribution in [-0.2, 0) is 4.79 Å². The summed E-state index contributed by atoms with van der Waals surface area (Å²) in [6, 6.07) is 21.6. The van der Waals surface area contributed by atoms with Crippen molar-refractivity contribution in [1.29, 1.82) is 0 Å². The van der Waals surface area contributed by atoms with Crippen LogP contribution in [0.1, 0.15) is 15.9 Å². The Hall–Kier alpha value is -4.04. The summed E-state index contributed by atoms with van der Waals surface area (Å²) in [6.07, 6.45) is 1.72. The number of methoxy groups -OCH3 is 3. The van der Waals surface area contributed by atoms with Crippen molar-refractivity contribution in [1.82, 2.24) is 0 Å². The summed E-state index contributed by atoms with van der Waals surface area (Å²) in [4.78, 5) is 32.3. The minimum absolute atomic E-state index is 0.0980. The lowest BCUT2D eigenvalue weighted by atomic mass is 10.1. The van der Waals surface area contributed by atoms with E-state index in [1.807, 2.05) is 54.6 Å². The number of Topliss-reactive ketones (excluding diaryl/α,β-unsaturated/α-hetero) is 1. The van der Waals surface area contributed by atoms with Crippen molar-refractivity contribution in [3.05, 3.63) is 89.6 Å². The number of ether oxygens (including phenoxy) is 3. The SMILES string of the molecule is COc1ccc(C=C2N=C(SCC(=O)c3ccc(OC)c(OC)c3)N(c3ccccc3)C2=O)cc1. The highest BCUT2D eigenvalue weighted by atomic mass is 32.2. The maximum Gasteiger partial charge on any atom is 0.283 e. The highest BCUT2D eigenvalue weighted by Crippen LogP contribution is 2.31. The van der Waals surface area contributed by atoms with Crippen LogP contribution >= 0.6 is 11.8 Å². The van der Waals surface area contributed by atoms with Gasteiger partial charge < -0.3 is 14.2 Å². The fourth-order valence-electron chi connectivity index (χ4n) is 3.48. The molecule has 178 valence electrons. The number of amides is 1. The van der Waals surface area contributed by atoms with Crippen molar-refractivity contribution in [3.63, 3.8) is 0 Å². The Morgan fingerprint density at radius 1 is 0.914 bits per heavy atom. The molecule has 0 bridgehead atoms. The molecule has 3 aromatic carbocycles. The normalized spacial score (nSPS) is 14.1. The summed E-state index contributed by atoms with van der Waals surface area (Å²) in [7, 11) is 4.66. The molecular formula is C27H24N2O5S. The predicted molar refractivity (Wildman–Crippen MR) is 139 cm³/mol. The average Bonchev–Trinajstić information content (AvgIpc) is 3.22. The van der Waals surface area contributed by atoms with Crippen LogP contribution in [0.5, 0.6) is 17.2 Å². The third kappa shape index (κ3) is 5.38. The van der Waals surface area contributed by atoms with Crippen molar-refractivity contribution in [2.24, 2.45) is 4.99 Å². The third-order valence-corrected chi connectivity index (χ3v) is 6.24. The lowest BCUT2D eigenvalue weighted by Crippen LogP contribution is -2.30. The number of anilines is 1. The molecule has 0 saturated carbocycles. The second kappa shape index (κ2) is 10.9. The summed E-state index contributed by atoms with van der Waals surface area (Å²) < 4.78 is 15.7. The van der Waals surface area contributed by atoms with Crippen LogP contribution in [0, 0.1) is 0 Å². The van der Waals surface area contributed by atoms with Gasteiger partial charge in [-0.1, -0.05) is 42.1 Å². The number of ketones is 1. The van der Waals surface area contributed by atoms with E-state index in [0.717, 1.165) is 11.3 Å². The molecule has 0 spiro atoms. The third-order valence-electron chi connectivity index (χ3n) is 5.30. The lowest BCUT2D eigenvalue weighted by Gasteiger charge is -2.17. The quantitative estimate of drug-likeness (QED) is 0.325. The number of aliphatic imine (C=N–C) groups is 1. The van der Waals surface area contributed by atoms with Crippen molar-refractivity contribution in [2.45, 2.75) is 0 Å². The maximum atomic E-state index is 13.3. The molecular weight excluding hydrogens is 464 g/mol. The first-order valence-electron chi connectivity index (χ1n) is 10.8. The molecule has 1 heterocycles. The molecule has 1 aliphatic heterocycles. The molecule has 0 atom stereocenters. The number of hydrogen-bond donors (Lipinski definition) is 0. The van der Waals surface area contributed by atoms with Crippen LogP contribution in [0.4, 0.5) is 5.69 Å². The zero-order valence-electron chi connectivity index (χ0n) is 19.6. The van der Waals surface area contributed by atoms with E-state index in [2.05, 4.69) is 4.99 Å². The number of amidine groups is 1. The summed E-state index contributed by atoms with van der Waals surface area (Å²) >= 11 is 1.21. The van der Waals surface area contributed by atoms with Gasteiger partial charge in [-0.25, -0.2) is 4.99 Å². The maximum absolute atomic E-state index is 13.3. The van der Waals surface area contributed by atoms with Gasteiger partial charge in [0.2, 0.25) is 0 Å². The van der Waals surface area contributed by atoms with Gasteiger partial charge in [0.15, 0.2) is 22.4 Å². The Kier molecular flexibility index (Phi) is 7.52. The monoisotopic (exact) mass is 488 g/mol. The van der Waals surface area contributed by atoms with Gasteiger partial charge in [0, 0.05) is 5.56 Å². The van der Waals surface area contributed by atoms with Gasteiger partial charge in [-0.05, 0) is 54.1 Å². The molecule has 35 heavy (non-hydrogen) atoms. The number of benzene rings is 3.